The van der Waals surface area contributed by atoms with Gasteiger partial charge in [0.1, 0.15) is 5.75 Å². The monoisotopic (exact) mass is 390 g/mol. The normalized spacial score (nSPS) is 17.0. The lowest BCUT2D eigenvalue weighted by molar-refractivity contribution is -0.132. The molecule has 0 spiro atoms. The number of hydrogen-bond donors (Lipinski definition) is 2. The van der Waals surface area contributed by atoms with E-state index in [1.165, 1.54) is 0 Å². The SMILES string of the molecule is CCC(CC)(CN)C(=O)NC1CCOc2ccc(Br)cc21.Cl. The van der Waals surface area contributed by atoms with E-state index in [0.29, 0.717) is 13.2 Å². The van der Waals surface area contributed by atoms with Gasteiger partial charge in [0, 0.05) is 23.0 Å². The third kappa shape index (κ3) is 3.76. The molecule has 0 bridgehead atoms. The maximum Gasteiger partial charge on any atom is 0.227 e. The van der Waals surface area contributed by atoms with Gasteiger partial charge in [0.25, 0.3) is 0 Å². The highest BCUT2D eigenvalue weighted by Crippen LogP contribution is 2.35. The van der Waals surface area contributed by atoms with Gasteiger partial charge in [-0.1, -0.05) is 29.8 Å². The van der Waals surface area contributed by atoms with Crippen molar-refractivity contribution in [1.82, 2.24) is 5.32 Å². The van der Waals surface area contributed by atoms with Gasteiger partial charge in [-0.25, -0.2) is 0 Å². The minimum absolute atomic E-state index is 0. The Morgan fingerprint density at radius 1 is 1.45 bits per heavy atom. The van der Waals surface area contributed by atoms with Crippen molar-refractivity contribution in [2.75, 3.05) is 13.2 Å². The van der Waals surface area contributed by atoms with E-state index in [0.717, 1.165) is 35.0 Å². The lowest BCUT2D eigenvalue weighted by Gasteiger charge is -2.33. The lowest BCUT2D eigenvalue weighted by Crippen LogP contribution is -2.47. The average Bonchev–Trinajstić information content (AvgIpc) is 2.50. The Kier molecular flexibility index (Phi) is 7.16. The molecular weight excluding hydrogens is 368 g/mol. The number of benzene rings is 1. The second-order valence-corrected chi connectivity index (χ2v) is 6.45. The molecule has 124 valence electrons. The van der Waals surface area contributed by atoms with Crippen molar-refractivity contribution in [2.45, 2.75) is 39.2 Å². The van der Waals surface area contributed by atoms with Crippen molar-refractivity contribution in [3.05, 3.63) is 28.2 Å². The molecule has 1 heterocycles. The van der Waals surface area contributed by atoms with Crippen LogP contribution in [0.2, 0.25) is 0 Å². The van der Waals surface area contributed by atoms with Crippen LogP contribution in [-0.4, -0.2) is 19.1 Å². The fourth-order valence-electron chi connectivity index (χ4n) is 2.78. The summed E-state index contributed by atoms with van der Waals surface area (Å²) in [5.41, 5.74) is 6.42. The molecule has 1 amide bonds. The van der Waals surface area contributed by atoms with E-state index in [1.54, 1.807) is 0 Å². The molecule has 1 aromatic rings. The van der Waals surface area contributed by atoms with Gasteiger partial charge in [0.15, 0.2) is 0 Å². The van der Waals surface area contributed by atoms with Crippen LogP contribution < -0.4 is 15.8 Å². The zero-order valence-electron chi connectivity index (χ0n) is 13.0. The molecule has 0 fully saturated rings. The van der Waals surface area contributed by atoms with Gasteiger partial charge < -0.3 is 15.8 Å². The van der Waals surface area contributed by atoms with Gasteiger partial charge >= 0.3 is 0 Å². The fraction of sp³-hybridized carbons (Fsp3) is 0.562. The average molecular weight is 392 g/mol. The molecule has 1 aliphatic heterocycles. The molecule has 0 aromatic heterocycles. The first-order valence-corrected chi connectivity index (χ1v) is 8.29. The molecule has 1 aromatic carbocycles. The van der Waals surface area contributed by atoms with Crippen LogP contribution in [0, 0.1) is 5.41 Å². The summed E-state index contributed by atoms with van der Waals surface area (Å²) in [6.07, 6.45) is 2.28. The summed E-state index contributed by atoms with van der Waals surface area (Å²) in [7, 11) is 0. The number of fused-ring (bicyclic) bond motifs is 1. The molecule has 6 heteroatoms. The third-order valence-electron chi connectivity index (χ3n) is 4.54. The molecular formula is C16H24BrClN2O2. The van der Waals surface area contributed by atoms with Crippen LogP contribution in [0.3, 0.4) is 0 Å². The number of amides is 1. The maximum atomic E-state index is 12.7. The van der Waals surface area contributed by atoms with Gasteiger partial charge in [-0.05, 0) is 31.0 Å². The summed E-state index contributed by atoms with van der Waals surface area (Å²) in [5, 5.41) is 3.18. The number of hydrogen-bond acceptors (Lipinski definition) is 3. The first-order chi connectivity index (χ1) is 10.1. The number of nitrogens with one attached hydrogen (secondary N) is 1. The minimum atomic E-state index is -0.468. The van der Waals surface area contributed by atoms with E-state index in [1.807, 2.05) is 32.0 Å². The number of carbonyl (C=O) groups excluding carboxylic acids is 1. The molecule has 1 aliphatic rings. The van der Waals surface area contributed by atoms with E-state index in [-0.39, 0.29) is 24.4 Å². The molecule has 0 saturated heterocycles. The highest BCUT2D eigenvalue weighted by atomic mass is 79.9. The zero-order valence-corrected chi connectivity index (χ0v) is 15.4. The summed E-state index contributed by atoms with van der Waals surface area (Å²) < 4.78 is 6.65. The second kappa shape index (κ2) is 8.18. The van der Waals surface area contributed by atoms with E-state index in [9.17, 15) is 4.79 Å². The molecule has 2 rings (SSSR count). The van der Waals surface area contributed by atoms with E-state index < -0.39 is 5.41 Å². The predicted molar refractivity (Wildman–Crippen MR) is 94.5 cm³/mol. The molecule has 0 radical (unpaired) electrons. The van der Waals surface area contributed by atoms with Crippen LogP contribution in [0.1, 0.15) is 44.7 Å². The van der Waals surface area contributed by atoms with Crippen molar-refractivity contribution in [3.8, 4) is 5.75 Å². The van der Waals surface area contributed by atoms with Crippen LogP contribution in [0.4, 0.5) is 0 Å². The molecule has 3 N–H and O–H groups in total. The maximum absolute atomic E-state index is 12.7. The van der Waals surface area contributed by atoms with Crippen LogP contribution in [-0.2, 0) is 4.79 Å². The first-order valence-electron chi connectivity index (χ1n) is 7.49. The van der Waals surface area contributed by atoms with Gasteiger partial charge in [-0.15, -0.1) is 12.4 Å². The number of nitrogens with two attached hydrogens (primary N) is 1. The number of ether oxygens (including phenoxy) is 1. The Balaban J connectivity index is 0.00000242. The van der Waals surface area contributed by atoms with Gasteiger partial charge in [0.05, 0.1) is 18.1 Å². The van der Waals surface area contributed by atoms with E-state index in [4.69, 9.17) is 10.5 Å². The largest absolute Gasteiger partial charge is 0.493 e. The van der Waals surface area contributed by atoms with Gasteiger partial charge in [-0.3, -0.25) is 4.79 Å². The highest BCUT2D eigenvalue weighted by Gasteiger charge is 2.35. The Hall–Kier alpha value is -0.780. The van der Waals surface area contributed by atoms with Crippen molar-refractivity contribution in [2.24, 2.45) is 11.1 Å². The number of rotatable bonds is 5. The summed E-state index contributed by atoms with van der Waals surface area (Å²) >= 11 is 3.48. The highest BCUT2D eigenvalue weighted by molar-refractivity contribution is 9.10. The fourth-order valence-corrected chi connectivity index (χ4v) is 3.16. The number of halogens is 2. The molecule has 1 unspecified atom stereocenters. The number of carbonyl (C=O) groups is 1. The summed E-state index contributed by atoms with van der Waals surface area (Å²) in [4.78, 5) is 12.7. The van der Waals surface area contributed by atoms with Crippen LogP contribution >= 0.6 is 28.3 Å². The van der Waals surface area contributed by atoms with Crippen molar-refractivity contribution < 1.29 is 9.53 Å². The van der Waals surface area contributed by atoms with E-state index >= 15 is 0 Å². The van der Waals surface area contributed by atoms with Gasteiger partial charge in [0.2, 0.25) is 5.91 Å². The third-order valence-corrected chi connectivity index (χ3v) is 5.04. The second-order valence-electron chi connectivity index (χ2n) is 5.54. The Morgan fingerprint density at radius 3 is 2.73 bits per heavy atom. The summed E-state index contributed by atoms with van der Waals surface area (Å²) in [6, 6.07) is 5.89. The topological polar surface area (TPSA) is 64.4 Å². The standard InChI is InChI=1S/C16H23BrN2O2.ClH/c1-3-16(4-2,10-18)15(20)19-13-7-8-21-14-6-5-11(17)9-12(13)14;/h5-6,9,13H,3-4,7-8,10,18H2,1-2H3,(H,19,20);1H. The van der Waals surface area contributed by atoms with Crippen LogP contribution in [0.25, 0.3) is 0 Å². The molecule has 0 saturated carbocycles. The Labute approximate surface area is 146 Å². The van der Waals surface area contributed by atoms with Crippen LogP contribution in [0.15, 0.2) is 22.7 Å². The molecule has 1 atom stereocenters. The van der Waals surface area contributed by atoms with E-state index in [2.05, 4.69) is 21.2 Å². The molecule has 0 aliphatic carbocycles. The zero-order chi connectivity index (χ0) is 15.5. The molecule has 4 nitrogen and oxygen atoms in total. The predicted octanol–water partition coefficient (Wildman–Crippen LogP) is 3.58. The quantitative estimate of drug-likeness (QED) is 0.806. The van der Waals surface area contributed by atoms with Crippen molar-refractivity contribution in [1.29, 1.82) is 0 Å². The summed E-state index contributed by atoms with van der Waals surface area (Å²) in [5.74, 6) is 0.897. The summed E-state index contributed by atoms with van der Waals surface area (Å²) in [6.45, 7) is 5.03. The Bertz CT molecular complexity index is 513. The van der Waals surface area contributed by atoms with Crippen LogP contribution in [0.5, 0.6) is 5.75 Å². The van der Waals surface area contributed by atoms with Crippen molar-refractivity contribution >= 4 is 34.2 Å². The minimum Gasteiger partial charge on any atom is -0.493 e. The lowest BCUT2D eigenvalue weighted by atomic mass is 9.81. The first kappa shape index (κ1) is 19.3. The van der Waals surface area contributed by atoms with Gasteiger partial charge in [-0.2, -0.15) is 0 Å². The molecule has 22 heavy (non-hydrogen) atoms. The Morgan fingerprint density at radius 2 is 2.14 bits per heavy atom. The van der Waals surface area contributed by atoms with Crippen molar-refractivity contribution in [3.63, 3.8) is 0 Å². The smallest absolute Gasteiger partial charge is 0.227 e.